The van der Waals surface area contributed by atoms with Crippen molar-refractivity contribution in [2.45, 2.75) is 38.3 Å². The van der Waals surface area contributed by atoms with Crippen molar-refractivity contribution in [1.29, 1.82) is 0 Å². The van der Waals surface area contributed by atoms with Crippen molar-refractivity contribution in [1.82, 2.24) is 14.9 Å². The lowest BCUT2D eigenvalue weighted by Gasteiger charge is -2.16. The predicted octanol–water partition coefficient (Wildman–Crippen LogP) is 1.57. The fourth-order valence-corrected chi connectivity index (χ4v) is 2.43. The number of anilines is 1. The molecule has 1 saturated heterocycles. The summed E-state index contributed by atoms with van der Waals surface area (Å²) in [6.45, 7) is 3.79. The summed E-state index contributed by atoms with van der Waals surface area (Å²) < 4.78 is 13.7. The Labute approximate surface area is 100 Å². The smallest absolute Gasteiger partial charge is 0.186 e. The number of nitrogens with one attached hydrogen (secondary N) is 1. The van der Waals surface area contributed by atoms with Crippen LogP contribution in [0.1, 0.15) is 25.0 Å². The molecular weight excluding hydrogens is 219 g/mol. The third kappa shape index (κ3) is 2.24. The van der Waals surface area contributed by atoms with Gasteiger partial charge in [-0.1, -0.05) is 0 Å². The highest BCUT2D eigenvalue weighted by atomic mass is 19.1. The fourth-order valence-electron chi connectivity index (χ4n) is 2.43. The van der Waals surface area contributed by atoms with Crippen LogP contribution in [-0.4, -0.2) is 40.0 Å². The minimum absolute atomic E-state index is 0.319. The first-order chi connectivity index (χ1) is 8.24. The van der Waals surface area contributed by atoms with E-state index in [1.54, 1.807) is 6.92 Å². The summed E-state index contributed by atoms with van der Waals surface area (Å²) in [5.41, 5.74) is 0.402. The van der Waals surface area contributed by atoms with E-state index in [9.17, 15) is 4.39 Å². The normalized spacial score (nSPS) is 25.2. The predicted molar refractivity (Wildman–Crippen MR) is 63.3 cm³/mol. The Morgan fingerprint density at radius 1 is 1.35 bits per heavy atom. The number of aromatic nitrogens is 2. The molecule has 4 nitrogen and oxygen atoms in total. The van der Waals surface area contributed by atoms with Crippen LogP contribution in [0.25, 0.3) is 0 Å². The number of aryl methyl sites for hydroxylation is 1. The van der Waals surface area contributed by atoms with Gasteiger partial charge in [0.1, 0.15) is 6.33 Å². The Morgan fingerprint density at radius 2 is 2.18 bits per heavy atom. The Balaban J connectivity index is 1.65. The summed E-state index contributed by atoms with van der Waals surface area (Å²) in [5, 5.41) is 3.19. The van der Waals surface area contributed by atoms with Crippen LogP contribution in [0.2, 0.25) is 0 Å². The number of halogens is 1. The lowest BCUT2D eigenvalue weighted by atomic mass is 10.2. The Morgan fingerprint density at radius 3 is 2.94 bits per heavy atom. The van der Waals surface area contributed by atoms with Crippen LogP contribution in [0.15, 0.2) is 6.33 Å². The number of nitrogens with zero attached hydrogens (tertiary/aromatic N) is 3. The highest BCUT2D eigenvalue weighted by Crippen LogP contribution is 2.30. The first kappa shape index (κ1) is 10.9. The molecule has 0 amide bonds. The van der Waals surface area contributed by atoms with Gasteiger partial charge < -0.3 is 5.32 Å². The van der Waals surface area contributed by atoms with Gasteiger partial charge in [-0.3, -0.25) is 4.90 Å². The Hall–Kier alpha value is -1.23. The van der Waals surface area contributed by atoms with E-state index in [1.807, 2.05) is 0 Å². The minimum Gasteiger partial charge on any atom is -0.363 e. The molecule has 3 rings (SSSR count). The van der Waals surface area contributed by atoms with E-state index >= 15 is 0 Å². The highest BCUT2D eigenvalue weighted by Gasteiger charge is 2.34. The topological polar surface area (TPSA) is 41.1 Å². The molecule has 1 atom stereocenters. The number of likely N-dealkylation sites (tertiary alicyclic amines) is 1. The largest absolute Gasteiger partial charge is 0.363 e. The van der Waals surface area contributed by atoms with Crippen molar-refractivity contribution < 1.29 is 4.39 Å². The van der Waals surface area contributed by atoms with Crippen LogP contribution in [-0.2, 0) is 0 Å². The van der Waals surface area contributed by atoms with Crippen molar-refractivity contribution in [3.63, 3.8) is 0 Å². The monoisotopic (exact) mass is 236 g/mol. The molecule has 1 aromatic rings. The van der Waals surface area contributed by atoms with Gasteiger partial charge in [-0.25, -0.2) is 14.4 Å². The number of hydrogen-bond acceptors (Lipinski definition) is 4. The molecule has 1 aromatic heterocycles. The first-order valence-electron chi connectivity index (χ1n) is 6.21. The van der Waals surface area contributed by atoms with Gasteiger partial charge in [-0.2, -0.15) is 0 Å². The van der Waals surface area contributed by atoms with E-state index in [4.69, 9.17) is 0 Å². The van der Waals surface area contributed by atoms with Gasteiger partial charge in [-0.05, 0) is 26.2 Å². The molecule has 0 spiro atoms. The molecule has 0 aromatic carbocycles. The number of hydrogen-bond donors (Lipinski definition) is 1. The molecule has 1 unspecified atom stereocenters. The molecule has 2 aliphatic rings. The SMILES string of the molecule is Cc1ncnc(NC2CCN(C3CC3)C2)c1F. The van der Waals surface area contributed by atoms with Crippen LogP contribution in [0.4, 0.5) is 10.2 Å². The zero-order valence-electron chi connectivity index (χ0n) is 9.99. The lowest BCUT2D eigenvalue weighted by molar-refractivity contribution is 0.326. The van der Waals surface area contributed by atoms with Gasteiger partial charge >= 0.3 is 0 Å². The average Bonchev–Trinajstić information content (AvgIpc) is 3.06. The van der Waals surface area contributed by atoms with E-state index in [-0.39, 0.29) is 5.82 Å². The van der Waals surface area contributed by atoms with Gasteiger partial charge in [0.05, 0.1) is 5.69 Å². The first-order valence-corrected chi connectivity index (χ1v) is 6.21. The summed E-state index contributed by atoms with van der Waals surface area (Å²) in [6, 6.07) is 1.11. The van der Waals surface area contributed by atoms with E-state index in [1.165, 1.54) is 19.2 Å². The maximum absolute atomic E-state index is 13.7. The van der Waals surface area contributed by atoms with Crippen LogP contribution in [0, 0.1) is 12.7 Å². The fraction of sp³-hybridized carbons (Fsp3) is 0.667. The van der Waals surface area contributed by atoms with Crippen LogP contribution >= 0.6 is 0 Å². The molecule has 2 heterocycles. The van der Waals surface area contributed by atoms with Crippen molar-refractivity contribution in [2.75, 3.05) is 18.4 Å². The zero-order valence-corrected chi connectivity index (χ0v) is 9.99. The van der Waals surface area contributed by atoms with Crippen molar-refractivity contribution in [3.8, 4) is 0 Å². The van der Waals surface area contributed by atoms with E-state index in [0.29, 0.717) is 17.6 Å². The second-order valence-electron chi connectivity index (χ2n) is 4.98. The molecule has 1 N–H and O–H groups in total. The maximum atomic E-state index is 13.7. The summed E-state index contributed by atoms with van der Waals surface area (Å²) in [6.07, 6.45) is 5.13. The molecule has 0 bridgehead atoms. The Bertz CT molecular complexity index is 419. The van der Waals surface area contributed by atoms with Crippen LogP contribution in [0.3, 0.4) is 0 Å². The zero-order chi connectivity index (χ0) is 11.8. The van der Waals surface area contributed by atoms with Crippen molar-refractivity contribution >= 4 is 5.82 Å². The van der Waals surface area contributed by atoms with Gasteiger partial charge in [0, 0.05) is 25.2 Å². The summed E-state index contributed by atoms with van der Waals surface area (Å²) in [5.74, 6) is 0.0255. The van der Waals surface area contributed by atoms with E-state index < -0.39 is 0 Å². The molecule has 1 aliphatic carbocycles. The van der Waals surface area contributed by atoms with Crippen molar-refractivity contribution in [2.24, 2.45) is 0 Å². The molecular formula is C12H17FN4. The lowest BCUT2D eigenvalue weighted by Crippen LogP contribution is -2.28. The van der Waals surface area contributed by atoms with Gasteiger partial charge in [-0.15, -0.1) is 0 Å². The molecule has 92 valence electrons. The molecule has 17 heavy (non-hydrogen) atoms. The maximum Gasteiger partial charge on any atom is 0.186 e. The highest BCUT2D eigenvalue weighted by molar-refractivity contribution is 5.38. The summed E-state index contributed by atoms with van der Waals surface area (Å²) in [4.78, 5) is 10.3. The molecule has 0 radical (unpaired) electrons. The van der Waals surface area contributed by atoms with Gasteiger partial charge in [0.2, 0.25) is 0 Å². The molecule has 1 aliphatic heterocycles. The standard InChI is InChI=1S/C12H17FN4/c1-8-11(13)12(15-7-14-8)16-9-4-5-17(6-9)10-2-3-10/h7,9-10H,2-6H2,1H3,(H,14,15,16). The number of rotatable bonds is 3. The van der Waals surface area contributed by atoms with Crippen LogP contribution < -0.4 is 5.32 Å². The van der Waals surface area contributed by atoms with Gasteiger partial charge in [0.25, 0.3) is 0 Å². The second kappa shape index (κ2) is 4.22. The summed E-state index contributed by atoms with van der Waals surface area (Å²) in [7, 11) is 0. The van der Waals surface area contributed by atoms with Gasteiger partial charge in [0.15, 0.2) is 11.6 Å². The summed E-state index contributed by atoms with van der Waals surface area (Å²) >= 11 is 0. The molecule has 1 saturated carbocycles. The minimum atomic E-state index is -0.322. The van der Waals surface area contributed by atoms with Crippen molar-refractivity contribution in [3.05, 3.63) is 17.8 Å². The molecule has 2 fully saturated rings. The third-order valence-corrected chi connectivity index (χ3v) is 3.59. The quantitative estimate of drug-likeness (QED) is 0.865. The molecule has 5 heteroatoms. The second-order valence-corrected chi connectivity index (χ2v) is 4.98. The van der Waals surface area contributed by atoms with Crippen LogP contribution in [0.5, 0.6) is 0 Å². The third-order valence-electron chi connectivity index (χ3n) is 3.59. The average molecular weight is 236 g/mol. The van der Waals surface area contributed by atoms with E-state index in [2.05, 4.69) is 20.2 Å². The Kier molecular flexibility index (Phi) is 2.70. The van der Waals surface area contributed by atoms with E-state index in [0.717, 1.165) is 25.6 Å².